The van der Waals surface area contributed by atoms with Crippen LogP contribution in [0.25, 0.3) is 0 Å². The Bertz CT molecular complexity index is 514. The van der Waals surface area contributed by atoms with Crippen LogP contribution in [0, 0.1) is 0 Å². The van der Waals surface area contributed by atoms with Crippen LogP contribution in [0.3, 0.4) is 0 Å². The zero-order valence-electron chi connectivity index (χ0n) is 24.1. The Morgan fingerprint density at radius 2 is 1.00 bits per heavy atom. The second-order valence-corrected chi connectivity index (χ2v) is 10.6. The van der Waals surface area contributed by atoms with E-state index in [-0.39, 0.29) is 5.97 Å². The van der Waals surface area contributed by atoms with Gasteiger partial charge >= 0.3 is 11.9 Å². The molecule has 0 saturated heterocycles. The molecule has 0 amide bonds. The molecular weight excluding hydrogens is 448 g/mol. The fraction of sp³-hybridized carbons (Fsp3) is 0.875. The Hall–Kier alpha value is -1.32. The first-order chi connectivity index (χ1) is 17.6. The number of esters is 1. The molecule has 0 aliphatic heterocycles. The highest BCUT2D eigenvalue weighted by Gasteiger charge is 2.21. The summed E-state index contributed by atoms with van der Waals surface area (Å²) in [7, 11) is 0. The van der Waals surface area contributed by atoms with Crippen molar-refractivity contribution in [3.05, 3.63) is 12.2 Å². The highest BCUT2D eigenvalue weighted by molar-refractivity contribution is 5.77. The second kappa shape index (κ2) is 28.3. The van der Waals surface area contributed by atoms with E-state index in [1.165, 1.54) is 109 Å². The van der Waals surface area contributed by atoms with E-state index in [1.54, 1.807) is 0 Å². The molecule has 0 rings (SSSR count). The topological polar surface area (TPSA) is 63.6 Å². The first kappa shape index (κ1) is 34.7. The molecule has 1 unspecified atom stereocenters. The number of rotatable bonds is 28. The largest absolute Gasteiger partial charge is 0.479 e. The molecule has 0 aliphatic carbocycles. The molecule has 0 saturated carbocycles. The Labute approximate surface area is 224 Å². The molecule has 1 N–H and O–H groups in total. The van der Waals surface area contributed by atoms with Crippen molar-refractivity contribution in [1.29, 1.82) is 0 Å². The molecule has 0 radical (unpaired) electrons. The molecule has 0 aromatic heterocycles. The van der Waals surface area contributed by atoms with Gasteiger partial charge in [0.25, 0.3) is 0 Å². The summed E-state index contributed by atoms with van der Waals surface area (Å²) in [5.41, 5.74) is 0. The van der Waals surface area contributed by atoms with Gasteiger partial charge in [0.1, 0.15) is 0 Å². The summed E-state index contributed by atoms with van der Waals surface area (Å²) >= 11 is 0. The predicted molar refractivity (Wildman–Crippen MR) is 153 cm³/mol. The van der Waals surface area contributed by atoms with Gasteiger partial charge < -0.3 is 9.84 Å². The lowest BCUT2D eigenvalue weighted by atomic mass is 10.0. The SMILES string of the molecule is CCCC/C=C\CCCCCCCCC(=O)OC(CCCCCCCCCCCCCCC)C(=O)O. The zero-order chi connectivity index (χ0) is 26.5. The number of allylic oxidation sites excluding steroid dienone is 2. The van der Waals surface area contributed by atoms with Gasteiger partial charge in [-0.3, -0.25) is 4.79 Å². The van der Waals surface area contributed by atoms with Crippen LogP contribution in [0.2, 0.25) is 0 Å². The van der Waals surface area contributed by atoms with Crippen molar-refractivity contribution in [2.75, 3.05) is 0 Å². The van der Waals surface area contributed by atoms with Crippen LogP contribution in [0.15, 0.2) is 12.2 Å². The monoisotopic (exact) mass is 508 g/mol. The highest BCUT2D eigenvalue weighted by atomic mass is 16.6. The van der Waals surface area contributed by atoms with Crippen molar-refractivity contribution in [3.8, 4) is 0 Å². The van der Waals surface area contributed by atoms with E-state index >= 15 is 0 Å². The van der Waals surface area contributed by atoms with Gasteiger partial charge in [-0.05, 0) is 38.5 Å². The molecule has 4 nitrogen and oxygen atoms in total. The summed E-state index contributed by atoms with van der Waals surface area (Å²) < 4.78 is 5.27. The summed E-state index contributed by atoms with van der Waals surface area (Å²) in [6.07, 6.45) is 32.3. The van der Waals surface area contributed by atoms with Crippen molar-refractivity contribution in [3.63, 3.8) is 0 Å². The van der Waals surface area contributed by atoms with E-state index in [2.05, 4.69) is 26.0 Å². The number of unbranched alkanes of at least 4 members (excludes halogenated alkanes) is 20. The molecule has 4 heteroatoms. The number of hydrogen-bond acceptors (Lipinski definition) is 3. The zero-order valence-corrected chi connectivity index (χ0v) is 24.1. The molecule has 0 aliphatic rings. The van der Waals surface area contributed by atoms with Crippen LogP contribution in [0.5, 0.6) is 0 Å². The predicted octanol–water partition coefficient (Wildman–Crippen LogP) is 10.3. The van der Waals surface area contributed by atoms with E-state index in [0.717, 1.165) is 38.5 Å². The van der Waals surface area contributed by atoms with Gasteiger partial charge in [0.05, 0.1) is 0 Å². The van der Waals surface area contributed by atoms with Crippen LogP contribution >= 0.6 is 0 Å². The highest BCUT2D eigenvalue weighted by Crippen LogP contribution is 2.15. The quantitative estimate of drug-likeness (QED) is 0.0648. The van der Waals surface area contributed by atoms with Gasteiger partial charge in [-0.25, -0.2) is 4.79 Å². The molecule has 0 aromatic rings. The van der Waals surface area contributed by atoms with Crippen LogP contribution in [0.4, 0.5) is 0 Å². The minimum Gasteiger partial charge on any atom is -0.479 e. The maximum absolute atomic E-state index is 12.1. The van der Waals surface area contributed by atoms with Gasteiger partial charge in [0.2, 0.25) is 0 Å². The Kier molecular flexibility index (Phi) is 27.2. The lowest BCUT2D eigenvalue weighted by molar-refractivity contribution is -0.164. The van der Waals surface area contributed by atoms with Gasteiger partial charge in [0, 0.05) is 6.42 Å². The minimum absolute atomic E-state index is 0.336. The average molecular weight is 509 g/mol. The van der Waals surface area contributed by atoms with E-state index in [0.29, 0.717) is 12.8 Å². The van der Waals surface area contributed by atoms with E-state index < -0.39 is 12.1 Å². The van der Waals surface area contributed by atoms with Crippen molar-refractivity contribution in [2.24, 2.45) is 0 Å². The lowest BCUT2D eigenvalue weighted by Crippen LogP contribution is -2.27. The number of carboxylic acid groups (broad SMARTS) is 1. The fourth-order valence-electron chi connectivity index (χ4n) is 4.59. The molecule has 1 atom stereocenters. The molecule has 0 bridgehead atoms. The van der Waals surface area contributed by atoms with E-state index in [1.807, 2.05) is 0 Å². The smallest absolute Gasteiger partial charge is 0.345 e. The summed E-state index contributed by atoms with van der Waals surface area (Å²) in [6, 6.07) is 0. The normalized spacial score (nSPS) is 12.3. The molecular formula is C32H60O4. The third-order valence-corrected chi connectivity index (χ3v) is 7.01. The summed E-state index contributed by atoms with van der Waals surface area (Å²) in [4.78, 5) is 23.6. The molecule has 0 heterocycles. The van der Waals surface area contributed by atoms with Crippen LogP contribution < -0.4 is 0 Å². The standard InChI is InChI=1S/C32H60O4/c1-3-5-7-9-11-13-15-17-18-20-22-24-26-28-30(32(34)35)36-31(33)29-27-25-23-21-19-16-14-12-10-8-6-4-2/h10,12,30H,3-9,11,13-29H2,1-2H3,(H,34,35)/b12-10-. The first-order valence-electron chi connectivity index (χ1n) is 15.7. The lowest BCUT2D eigenvalue weighted by Gasteiger charge is -2.13. The van der Waals surface area contributed by atoms with Crippen molar-refractivity contribution >= 4 is 11.9 Å². The molecule has 212 valence electrons. The van der Waals surface area contributed by atoms with Gasteiger partial charge in [0.15, 0.2) is 6.10 Å². The molecule has 36 heavy (non-hydrogen) atoms. The Morgan fingerprint density at radius 3 is 1.50 bits per heavy atom. The molecule has 0 spiro atoms. The number of carbonyl (C=O) groups excluding carboxylic acids is 1. The Morgan fingerprint density at radius 1 is 0.583 bits per heavy atom. The fourth-order valence-corrected chi connectivity index (χ4v) is 4.59. The third-order valence-electron chi connectivity index (χ3n) is 7.01. The average Bonchev–Trinajstić information content (AvgIpc) is 2.86. The number of carbonyl (C=O) groups is 2. The number of ether oxygens (including phenoxy) is 1. The summed E-state index contributed by atoms with van der Waals surface area (Å²) in [5.74, 6) is -1.36. The third kappa shape index (κ3) is 25.8. The van der Waals surface area contributed by atoms with Crippen molar-refractivity contribution < 1.29 is 19.4 Å². The van der Waals surface area contributed by atoms with Crippen molar-refractivity contribution in [1.82, 2.24) is 0 Å². The maximum atomic E-state index is 12.1. The summed E-state index contributed by atoms with van der Waals surface area (Å²) in [5, 5.41) is 9.40. The number of aliphatic carboxylic acids is 1. The minimum atomic E-state index is -1.01. The number of hydrogen-bond donors (Lipinski definition) is 1. The van der Waals surface area contributed by atoms with Gasteiger partial charge in [-0.15, -0.1) is 0 Å². The van der Waals surface area contributed by atoms with E-state index in [9.17, 15) is 14.7 Å². The second-order valence-electron chi connectivity index (χ2n) is 10.6. The first-order valence-corrected chi connectivity index (χ1v) is 15.7. The Balaban J connectivity index is 3.60. The van der Waals surface area contributed by atoms with Crippen LogP contribution in [0.1, 0.15) is 174 Å². The summed E-state index contributed by atoms with van der Waals surface area (Å²) in [6.45, 7) is 4.48. The maximum Gasteiger partial charge on any atom is 0.345 e. The van der Waals surface area contributed by atoms with Crippen LogP contribution in [-0.4, -0.2) is 23.1 Å². The molecule has 0 aromatic carbocycles. The van der Waals surface area contributed by atoms with Gasteiger partial charge in [-0.1, -0.05) is 142 Å². The van der Waals surface area contributed by atoms with Crippen molar-refractivity contribution in [2.45, 2.75) is 180 Å². The van der Waals surface area contributed by atoms with Crippen LogP contribution in [-0.2, 0) is 14.3 Å². The van der Waals surface area contributed by atoms with E-state index in [4.69, 9.17) is 4.74 Å². The van der Waals surface area contributed by atoms with Gasteiger partial charge in [-0.2, -0.15) is 0 Å². The molecule has 0 fully saturated rings. The number of carboxylic acids is 1.